The number of nitrogens with one attached hydrogen (secondary N) is 1. The highest BCUT2D eigenvalue weighted by molar-refractivity contribution is 7.21. The predicted octanol–water partition coefficient (Wildman–Crippen LogP) is 4.32. The average molecular weight is 353 g/mol. The van der Waals surface area contributed by atoms with Crippen molar-refractivity contribution in [2.45, 2.75) is 13.5 Å². The first-order chi connectivity index (χ1) is 11.7. The maximum Gasteiger partial charge on any atom is 0.225 e. The van der Waals surface area contributed by atoms with Gasteiger partial charge in [-0.25, -0.2) is 9.97 Å². The molecule has 0 saturated heterocycles. The van der Waals surface area contributed by atoms with Gasteiger partial charge in [0.05, 0.1) is 28.0 Å². The first-order valence-electron chi connectivity index (χ1n) is 7.47. The number of nitrogens with two attached hydrogens (primary N) is 1. The van der Waals surface area contributed by atoms with Crippen molar-refractivity contribution < 1.29 is 0 Å². The molecule has 4 aromatic rings. The van der Waals surface area contributed by atoms with Gasteiger partial charge in [0.2, 0.25) is 5.95 Å². The van der Waals surface area contributed by atoms with Crippen LogP contribution in [0.2, 0.25) is 0 Å². The number of aryl methyl sites for hydroxylation is 1. The van der Waals surface area contributed by atoms with Crippen LogP contribution in [-0.2, 0) is 6.54 Å². The van der Waals surface area contributed by atoms with E-state index in [1.54, 1.807) is 22.7 Å². The van der Waals surface area contributed by atoms with E-state index in [1.807, 2.05) is 36.6 Å². The predicted molar refractivity (Wildman–Crippen MR) is 101 cm³/mol. The minimum Gasteiger partial charge on any atom is -0.383 e. The lowest BCUT2D eigenvalue weighted by atomic mass is 10.2. The molecule has 0 amide bonds. The minimum atomic E-state index is 0.454. The van der Waals surface area contributed by atoms with Gasteiger partial charge in [-0.1, -0.05) is 18.2 Å². The van der Waals surface area contributed by atoms with Crippen LogP contribution in [-0.4, -0.2) is 15.0 Å². The lowest BCUT2D eigenvalue weighted by Gasteiger charge is -2.09. The molecule has 3 N–H and O–H groups in total. The Kier molecular flexibility index (Phi) is 3.87. The van der Waals surface area contributed by atoms with Crippen molar-refractivity contribution in [3.8, 4) is 10.6 Å². The molecule has 3 heterocycles. The average Bonchev–Trinajstić information content (AvgIpc) is 3.21. The van der Waals surface area contributed by atoms with Gasteiger partial charge in [-0.3, -0.25) is 0 Å². The van der Waals surface area contributed by atoms with Crippen molar-refractivity contribution >= 4 is 44.7 Å². The first-order valence-corrected chi connectivity index (χ1v) is 9.16. The summed E-state index contributed by atoms with van der Waals surface area (Å²) in [4.78, 5) is 14.8. The van der Waals surface area contributed by atoms with Crippen LogP contribution < -0.4 is 11.1 Å². The lowest BCUT2D eigenvalue weighted by molar-refractivity contribution is 1.05. The number of fused-ring (bicyclic) bond motifs is 1. The minimum absolute atomic E-state index is 0.454. The maximum absolute atomic E-state index is 6.20. The summed E-state index contributed by atoms with van der Waals surface area (Å²) in [5.41, 5.74) is 8.82. The largest absolute Gasteiger partial charge is 0.383 e. The van der Waals surface area contributed by atoms with Crippen LogP contribution in [0.25, 0.3) is 20.8 Å². The van der Waals surface area contributed by atoms with Crippen molar-refractivity contribution in [2.75, 3.05) is 11.1 Å². The number of nitrogen functional groups attached to an aromatic ring is 1. The Hall–Kier alpha value is -2.51. The fraction of sp³-hybridized carbons (Fsp3) is 0.118. The smallest absolute Gasteiger partial charge is 0.225 e. The van der Waals surface area contributed by atoms with Crippen LogP contribution >= 0.6 is 22.7 Å². The summed E-state index contributed by atoms with van der Waals surface area (Å²) in [7, 11) is 0. The number of aromatic nitrogens is 3. The molecule has 4 rings (SSSR count). The van der Waals surface area contributed by atoms with E-state index < -0.39 is 0 Å². The summed E-state index contributed by atoms with van der Waals surface area (Å²) in [6.45, 7) is 2.63. The molecule has 0 fully saturated rings. The maximum atomic E-state index is 6.20. The molecule has 0 aliphatic carbocycles. The second-order valence-corrected chi connectivity index (χ2v) is 7.38. The second-order valence-electron chi connectivity index (χ2n) is 5.31. The summed E-state index contributed by atoms with van der Waals surface area (Å²) in [6.07, 6.45) is 0. The number of benzene rings is 1. The molecule has 7 heteroatoms. The molecule has 24 heavy (non-hydrogen) atoms. The van der Waals surface area contributed by atoms with Crippen LogP contribution in [0.4, 0.5) is 11.8 Å². The highest BCUT2D eigenvalue weighted by Gasteiger charge is 2.15. The Balaban J connectivity index is 1.66. The third-order valence-corrected chi connectivity index (χ3v) is 5.56. The zero-order valence-electron chi connectivity index (χ0n) is 13.0. The van der Waals surface area contributed by atoms with Crippen LogP contribution in [0.3, 0.4) is 0 Å². The number of thiazole rings is 1. The van der Waals surface area contributed by atoms with E-state index in [0.717, 1.165) is 26.5 Å². The van der Waals surface area contributed by atoms with Gasteiger partial charge in [0.25, 0.3) is 0 Å². The number of hydrogen-bond donors (Lipinski definition) is 2. The van der Waals surface area contributed by atoms with Crippen molar-refractivity contribution in [3.63, 3.8) is 0 Å². The lowest BCUT2D eigenvalue weighted by Crippen LogP contribution is -2.07. The van der Waals surface area contributed by atoms with Gasteiger partial charge in [-0.05, 0) is 30.5 Å². The standard InChI is InChI=1S/C17H15N5S2/c1-10-14(16-21-12-6-2-3-7-13(12)24-16)15(18)22-17(20-10)19-9-11-5-4-8-23-11/h2-8H,9H2,1H3,(H3,18,19,20,22). The summed E-state index contributed by atoms with van der Waals surface area (Å²) in [5.74, 6) is 0.999. The number of anilines is 2. The number of thiophene rings is 1. The molecule has 0 aliphatic rings. The number of para-hydroxylation sites is 1. The van der Waals surface area contributed by atoms with E-state index in [2.05, 4.69) is 32.4 Å². The molecule has 1 aromatic carbocycles. The Labute approximate surface area is 147 Å². The second kappa shape index (κ2) is 6.18. The van der Waals surface area contributed by atoms with E-state index in [9.17, 15) is 0 Å². The monoisotopic (exact) mass is 353 g/mol. The highest BCUT2D eigenvalue weighted by Crippen LogP contribution is 2.34. The molecule has 120 valence electrons. The zero-order chi connectivity index (χ0) is 16.5. The molecule has 0 aliphatic heterocycles. The van der Waals surface area contributed by atoms with Gasteiger partial charge in [-0.15, -0.1) is 22.7 Å². The molecule has 5 nitrogen and oxygen atoms in total. The Morgan fingerprint density at radius 3 is 2.71 bits per heavy atom. The van der Waals surface area contributed by atoms with E-state index in [4.69, 9.17) is 5.73 Å². The van der Waals surface area contributed by atoms with Crippen LogP contribution in [0.15, 0.2) is 41.8 Å². The van der Waals surface area contributed by atoms with Crippen molar-refractivity contribution in [1.82, 2.24) is 15.0 Å². The van der Waals surface area contributed by atoms with Crippen molar-refractivity contribution in [1.29, 1.82) is 0 Å². The Bertz CT molecular complexity index is 935. The molecule has 0 radical (unpaired) electrons. The Morgan fingerprint density at radius 2 is 1.96 bits per heavy atom. The molecule has 3 aromatic heterocycles. The fourth-order valence-electron chi connectivity index (χ4n) is 2.50. The number of rotatable bonds is 4. The summed E-state index contributed by atoms with van der Waals surface area (Å²) < 4.78 is 1.13. The fourth-order valence-corrected chi connectivity index (χ4v) is 4.21. The van der Waals surface area contributed by atoms with Crippen LogP contribution in [0.5, 0.6) is 0 Å². The summed E-state index contributed by atoms with van der Waals surface area (Å²) >= 11 is 3.30. The first kappa shape index (κ1) is 15.0. The van der Waals surface area contributed by atoms with Gasteiger partial charge in [0, 0.05) is 4.88 Å². The zero-order valence-corrected chi connectivity index (χ0v) is 14.6. The van der Waals surface area contributed by atoms with Gasteiger partial charge < -0.3 is 11.1 Å². The molecular weight excluding hydrogens is 338 g/mol. The van der Waals surface area contributed by atoms with E-state index >= 15 is 0 Å². The Morgan fingerprint density at radius 1 is 1.08 bits per heavy atom. The number of nitrogens with zero attached hydrogens (tertiary/aromatic N) is 3. The molecule has 0 atom stereocenters. The molecular formula is C17H15N5S2. The summed E-state index contributed by atoms with van der Waals surface area (Å²) in [6, 6.07) is 12.1. The molecule has 0 spiro atoms. The van der Waals surface area contributed by atoms with Crippen LogP contribution in [0, 0.1) is 6.92 Å². The van der Waals surface area contributed by atoms with Gasteiger partial charge in [-0.2, -0.15) is 4.98 Å². The van der Waals surface area contributed by atoms with Crippen LogP contribution in [0.1, 0.15) is 10.6 Å². The highest BCUT2D eigenvalue weighted by atomic mass is 32.1. The number of hydrogen-bond acceptors (Lipinski definition) is 7. The molecule has 0 bridgehead atoms. The van der Waals surface area contributed by atoms with E-state index in [0.29, 0.717) is 18.3 Å². The van der Waals surface area contributed by atoms with Gasteiger partial charge >= 0.3 is 0 Å². The quantitative estimate of drug-likeness (QED) is 0.571. The van der Waals surface area contributed by atoms with Gasteiger partial charge in [0.1, 0.15) is 10.8 Å². The van der Waals surface area contributed by atoms with Gasteiger partial charge in [0.15, 0.2) is 0 Å². The summed E-state index contributed by atoms with van der Waals surface area (Å²) in [5, 5.41) is 6.13. The normalized spacial score (nSPS) is 11.0. The SMILES string of the molecule is Cc1nc(NCc2cccs2)nc(N)c1-c1nc2ccccc2s1. The van der Waals surface area contributed by atoms with E-state index in [1.165, 1.54) is 4.88 Å². The van der Waals surface area contributed by atoms with Crippen molar-refractivity contribution in [2.24, 2.45) is 0 Å². The van der Waals surface area contributed by atoms with Crippen molar-refractivity contribution in [3.05, 3.63) is 52.3 Å². The topological polar surface area (TPSA) is 76.7 Å². The third kappa shape index (κ3) is 2.83. The third-order valence-electron chi connectivity index (χ3n) is 3.63. The molecule has 0 saturated carbocycles. The molecule has 0 unspecified atom stereocenters. The van der Waals surface area contributed by atoms with E-state index in [-0.39, 0.29) is 0 Å².